The average molecular weight is 220 g/mol. The lowest BCUT2D eigenvalue weighted by molar-refractivity contribution is 0.146. The van der Waals surface area contributed by atoms with E-state index in [1.54, 1.807) is 14.2 Å². The molecule has 5 heteroatoms. The average Bonchev–Trinajstić information content (AvgIpc) is 2.18. The molecule has 0 fully saturated rings. The lowest BCUT2D eigenvalue weighted by Crippen LogP contribution is -2.43. The summed E-state index contributed by atoms with van der Waals surface area (Å²) in [6.07, 6.45) is 0. The fourth-order valence-electron chi connectivity index (χ4n) is 0.981. The zero-order chi connectivity index (χ0) is 10.8. The summed E-state index contributed by atoms with van der Waals surface area (Å²) in [7, 11) is 3.37. The van der Waals surface area contributed by atoms with E-state index in [2.05, 4.69) is 5.32 Å². The number of nitrogens with zero attached hydrogens (tertiary/aromatic N) is 1. The summed E-state index contributed by atoms with van der Waals surface area (Å²) in [6.45, 7) is 5.81. The lowest BCUT2D eigenvalue weighted by atomic mass is 10.5. The molecule has 0 amide bonds. The SMILES string of the molecule is CCNC(=S)N(CCOC)CCOC. The highest BCUT2D eigenvalue weighted by molar-refractivity contribution is 7.80. The van der Waals surface area contributed by atoms with Crippen molar-refractivity contribution in [2.24, 2.45) is 0 Å². The molecule has 0 aliphatic rings. The number of rotatable bonds is 7. The fraction of sp³-hybridized carbons (Fsp3) is 0.889. The second-order valence-electron chi connectivity index (χ2n) is 2.81. The van der Waals surface area contributed by atoms with Gasteiger partial charge in [0.25, 0.3) is 0 Å². The van der Waals surface area contributed by atoms with Crippen LogP contribution >= 0.6 is 12.2 Å². The van der Waals surface area contributed by atoms with Crippen LogP contribution < -0.4 is 5.32 Å². The van der Waals surface area contributed by atoms with Crippen LogP contribution in [0.15, 0.2) is 0 Å². The van der Waals surface area contributed by atoms with Crippen molar-refractivity contribution in [1.29, 1.82) is 0 Å². The molecule has 0 saturated heterocycles. The van der Waals surface area contributed by atoms with E-state index in [0.717, 1.165) is 24.7 Å². The predicted molar refractivity (Wildman–Crippen MR) is 61.6 cm³/mol. The van der Waals surface area contributed by atoms with Crippen molar-refractivity contribution < 1.29 is 9.47 Å². The predicted octanol–water partition coefficient (Wildman–Crippen LogP) is 0.476. The number of nitrogens with one attached hydrogen (secondary N) is 1. The van der Waals surface area contributed by atoms with E-state index >= 15 is 0 Å². The van der Waals surface area contributed by atoms with E-state index < -0.39 is 0 Å². The van der Waals surface area contributed by atoms with Crippen molar-refractivity contribution in [1.82, 2.24) is 10.2 Å². The van der Waals surface area contributed by atoms with E-state index in [1.807, 2.05) is 11.8 Å². The molecular weight excluding hydrogens is 200 g/mol. The highest BCUT2D eigenvalue weighted by Gasteiger charge is 2.07. The Hall–Kier alpha value is -0.390. The third-order valence-corrected chi connectivity index (χ3v) is 2.15. The van der Waals surface area contributed by atoms with Crippen LogP contribution in [-0.4, -0.2) is 57.1 Å². The van der Waals surface area contributed by atoms with E-state index in [9.17, 15) is 0 Å². The van der Waals surface area contributed by atoms with Crippen molar-refractivity contribution in [2.75, 3.05) is 47.1 Å². The molecule has 0 rings (SSSR count). The monoisotopic (exact) mass is 220 g/mol. The Kier molecular flexibility index (Phi) is 8.92. The molecule has 0 saturated carbocycles. The van der Waals surface area contributed by atoms with Crippen LogP contribution in [0, 0.1) is 0 Å². The number of hydrogen-bond acceptors (Lipinski definition) is 3. The first-order valence-electron chi connectivity index (χ1n) is 4.76. The summed E-state index contributed by atoms with van der Waals surface area (Å²) in [5.41, 5.74) is 0. The second kappa shape index (κ2) is 9.18. The van der Waals surface area contributed by atoms with Gasteiger partial charge in [-0.3, -0.25) is 0 Å². The maximum absolute atomic E-state index is 5.21. The summed E-state index contributed by atoms with van der Waals surface area (Å²) < 4.78 is 10.0. The maximum atomic E-state index is 5.21. The van der Waals surface area contributed by atoms with E-state index in [0.29, 0.717) is 13.2 Å². The van der Waals surface area contributed by atoms with Gasteiger partial charge in [0.2, 0.25) is 0 Å². The van der Waals surface area contributed by atoms with Crippen LogP contribution in [0.1, 0.15) is 6.92 Å². The van der Waals surface area contributed by atoms with Crippen molar-refractivity contribution in [3.63, 3.8) is 0 Å². The quantitative estimate of drug-likeness (QED) is 0.631. The molecule has 0 radical (unpaired) electrons. The Morgan fingerprint density at radius 1 is 1.21 bits per heavy atom. The van der Waals surface area contributed by atoms with Gasteiger partial charge in [-0.05, 0) is 19.1 Å². The molecule has 14 heavy (non-hydrogen) atoms. The number of hydrogen-bond donors (Lipinski definition) is 1. The molecule has 0 aromatic heterocycles. The topological polar surface area (TPSA) is 33.7 Å². The Bertz CT molecular complexity index is 148. The van der Waals surface area contributed by atoms with E-state index in [1.165, 1.54) is 0 Å². The van der Waals surface area contributed by atoms with Crippen LogP contribution in [0.5, 0.6) is 0 Å². The van der Waals surface area contributed by atoms with Crippen LogP contribution in [0.4, 0.5) is 0 Å². The molecule has 0 bridgehead atoms. The molecule has 0 aromatic rings. The first-order valence-corrected chi connectivity index (χ1v) is 5.17. The second-order valence-corrected chi connectivity index (χ2v) is 3.19. The summed E-state index contributed by atoms with van der Waals surface area (Å²) in [5.74, 6) is 0. The maximum Gasteiger partial charge on any atom is 0.169 e. The number of ether oxygens (including phenoxy) is 2. The van der Waals surface area contributed by atoms with Gasteiger partial charge in [0.1, 0.15) is 0 Å². The van der Waals surface area contributed by atoms with Crippen molar-refractivity contribution in [3.8, 4) is 0 Å². The number of thiocarbonyl (C=S) groups is 1. The summed E-state index contributed by atoms with van der Waals surface area (Å²) in [6, 6.07) is 0. The minimum Gasteiger partial charge on any atom is -0.383 e. The van der Waals surface area contributed by atoms with Gasteiger partial charge in [-0.1, -0.05) is 0 Å². The molecule has 0 aliphatic heterocycles. The highest BCUT2D eigenvalue weighted by Crippen LogP contribution is 1.91. The Labute approximate surface area is 91.6 Å². The van der Waals surface area contributed by atoms with Gasteiger partial charge in [-0.15, -0.1) is 0 Å². The van der Waals surface area contributed by atoms with Gasteiger partial charge in [-0.25, -0.2) is 0 Å². The fourth-order valence-corrected chi connectivity index (χ4v) is 1.31. The minimum atomic E-state index is 0.676. The first-order chi connectivity index (χ1) is 6.76. The molecule has 0 aromatic carbocycles. The molecular formula is C9H20N2O2S. The third kappa shape index (κ3) is 6.12. The summed E-state index contributed by atoms with van der Waals surface area (Å²) in [4.78, 5) is 2.05. The van der Waals surface area contributed by atoms with E-state index in [-0.39, 0.29) is 0 Å². The van der Waals surface area contributed by atoms with Crippen molar-refractivity contribution >= 4 is 17.3 Å². The lowest BCUT2D eigenvalue weighted by Gasteiger charge is -2.24. The third-order valence-electron chi connectivity index (χ3n) is 1.75. The van der Waals surface area contributed by atoms with Crippen LogP contribution in [0.2, 0.25) is 0 Å². The molecule has 0 atom stereocenters. The normalized spacial score (nSPS) is 9.93. The standard InChI is InChI=1S/C9H20N2O2S/c1-4-10-9(14)11(5-7-12-2)6-8-13-3/h4-8H2,1-3H3,(H,10,14). The number of methoxy groups -OCH3 is 2. The van der Waals surface area contributed by atoms with Gasteiger partial charge < -0.3 is 19.7 Å². The Morgan fingerprint density at radius 3 is 2.07 bits per heavy atom. The molecule has 0 heterocycles. The van der Waals surface area contributed by atoms with Crippen LogP contribution in [0.3, 0.4) is 0 Å². The van der Waals surface area contributed by atoms with Gasteiger partial charge in [0, 0.05) is 33.9 Å². The van der Waals surface area contributed by atoms with Crippen LogP contribution in [-0.2, 0) is 9.47 Å². The van der Waals surface area contributed by atoms with E-state index in [4.69, 9.17) is 21.7 Å². The van der Waals surface area contributed by atoms with Gasteiger partial charge in [0.15, 0.2) is 5.11 Å². The van der Waals surface area contributed by atoms with Gasteiger partial charge >= 0.3 is 0 Å². The van der Waals surface area contributed by atoms with Gasteiger partial charge in [0.05, 0.1) is 13.2 Å². The molecule has 1 N–H and O–H groups in total. The van der Waals surface area contributed by atoms with Gasteiger partial charge in [-0.2, -0.15) is 0 Å². The zero-order valence-electron chi connectivity index (χ0n) is 9.21. The highest BCUT2D eigenvalue weighted by atomic mass is 32.1. The Morgan fingerprint density at radius 2 is 1.71 bits per heavy atom. The summed E-state index contributed by atoms with van der Waals surface area (Å²) >= 11 is 5.21. The van der Waals surface area contributed by atoms with Crippen molar-refractivity contribution in [3.05, 3.63) is 0 Å². The smallest absolute Gasteiger partial charge is 0.169 e. The van der Waals surface area contributed by atoms with Crippen LogP contribution in [0.25, 0.3) is 0 Å². The molecule has 84 valence electrons. The molecule has 0 spiro atoms. The van der Waals surface area contributed by atoms with Crippen molar-refractivity contribution in [2.45, 2.75) is 6.92 Å². The zero-order valence-corrected chi connectivity index (χ0v) is 10.0. The summed E-state index contributed by atoms with van der Waals surface area (Å²) in [5, 5.41) is 3.88. The molecule has 4 nitrogen and oxygen atoms in total. The first kappa shape index (κ1) is 13.6. The molecule has 0 aliphatic carbocycles. The minimum absolute atomic E-state index is 0.676. The Balaban J connectivity index is 3.88. The molecule has 0 unspecified atom stereocenters. The largest absolute Gasteiger partial charge is 0.383 e.